The van der Waals surface area contributed by atoms with Gasteiger partial charge in [0.1, 0.15) is 0 Å². The van der Waals surface area contributed by atoms with Crippen molar-refractivity contribution in [2.75, 3.05) is 18.1 Å². The molecule has 2 rings (SSSR count). The molecule has 0 heterocycles. The highest BCUT2D eigenvalue weighted by molar-refractivity contribution is 7.98. The predicted octanol–water partition coefficient (Wildman–Crippen LogP) is 3.65. The van der Waals surface area contributed by atoms with Crippen LogP contribution in [0.2, 0.25) is 0 Å². The maximum Gasteiger partial charge on any atom is 0.319 e. The van der Waals surface area contributed by atoms with Crippen LogP contribution in [0.1, 0.15) is 18.1 Å². The Hall–Kier alpha value is -1.98. The molecule has 0 aliphatic heterocycles. The van der Waals surface area contributed by atoms with Crippen LogP contribution in [0.3, 0.4) is 0 Å². The lowest BCUT2D eigenvalue weighted by atomic mass is 10.1. The van der Waals surface area contributed by atoms with E-state index in [0.29, 0.717) is 13.0 Å². The summed E-state index contributed by atoms with van der Waals surface area (Å²) in [6, 6.07) is 16.8. The highest BCUT2D eigenvalue weighted by Crippen LogP contribution is 2.17. The van der Waals surface area contributed by atoms with Gasteiger partial charge < -0.3 is 15.7 Å². The van der Waals surface area contributed by atoms with Crippen LogP contribution in [0.4, 0.5) is 10.5 Å². The molecule has 0 bridgehead atoms. The van der Waals surface area contributed by atoms with E-state index in [0.717, 1.165) is 16.1 Å². The summed E-state index contributed by atoms with van der Waals surface area (Å²) in [6.45, 7) is 0.408. The van der Waals surface area contributed by atoms with Crippen molar-refractivity contribution >= 4 is 23.5 Å². The molecule has 22 heavy (non-hydrogen) atoms. The van der Waals surface area contributed by atoms with Crippen LogP contribution in [0.15, 0.2) is 59.5 Å². The largest absolute Gasteiger partial charge is 0.388 e. The number of amides is 2. The average molecular weight is 316 g/mol. The van der Waals surface area contributed by atoms with Gasteiger partial charge >= 0.3 is 6.03 Å². The number of carbonyl (C=O) groups excluding carboxylic acids is 1. The number of urea groups is 1. The first-order valence-electron chi connectivity index (χ1n) is 7.11. The molecule has 2 aromatic carbocycles. The molecule has 0 fully saturated rings. The fraction of sp³-hybridized carbons (Fsp3) is 0.235. The molecular formula is C17H20N2O2S. The van der Waals surface area contributed by atoms with E-state index in [4.69, 9.17) is 0 Å². The minimum absolute atomic E-state index is 0.267. The van der Waals surface area contributed by atoms with Crippen molar-refractivity contribution in [3.05, 3.63) is 60.2 Å². The number of hydrogen-bond acceptors (Lipinski definition) is 3. The number of rotatable bonds is 6. The zero-order valence-electron chi connectivity index (χ0n) is 12.5. The number of aliphatic hydroxyl groups is 1. The molecule has 3 N–H and O–H groups in total. The number of anilines is 1. The lowest BCUT2D eigenvalue weighted by Crippen LogP contribution is -2.30. The highest BCUT2D eigenvalue weighted by atomic mass is 32.2. The molecule has 2 amide bonds. The molecule has 0 aromatic heterocycles. The van der Waals surface area contributed by atoms with Gasteiger partial charge in [0.2, 0.25) is 0 Å². The minimum atomic E-state index is -0.567. The lowest BCUT2D eigenvalue weighted by Gasteiger charge is -2.12. The van der Waals surface area contributed by atoms with Crippen molar-refractivity contribution in [3.63, 3.8) is 0 Å². The Labute approximate surface area is 134 Å². The van der Waals surface area contributed by atoms with Crippen molar-refractivity contribution < 1.29 is 9.90 Å². The molecule has 5 heteroatoms. The highest BCUT2D eigenvalue weighted by Gasteiger charge is 2.07. The zero-order valence-corrected chi connectivity index (χ0v) is 13.3. The van der Waals surface area contributed by atoms with Crippen LogP contribution in [-0.2, 0) is 0 Å². The Morgan fingerprint density at radius 2 is 1.82 bits per heavy atom. The third-order valence-corrected chi connectivity index (χ3v) is 3.98. The van der Waals surface area contributed by atoms with Gasteiger partial charge in [-0.05, 0) is 42.5 Å². The maximum atomic E-state index is 11.8. The summed E-state index contributed by atoms with van der Waals surface area (Å²) in [5.74, 6) is 0. The smallest absolute Gasteiger partial charge is 0.319 e. The van der Waals surface area contributed by atoms with Gasteiger partial charge in [-0.2, -0.15) is 0 Å². The number of carbonyl (C=O) groups is 1. The molecule has 2 aromatic rings. The Balaban J connectivity index is 1.73. The van der Waals surface area contributed by atoms with Gasteiger partial charge in [0.05, 0.1) is 6.10 Å². The van der Waals surface area contributed by atoms with Gasteiger partial charge in [0.15, 0.2) is 0 Å². The molecule has 0 saturated heterocycles. The number of thioether (sulfide) groups is 1. The Bertz CT molecular complexity index is 587. The quantitative estimate of drug-likeness (QED) is 0.713. The van der Waals surface area contributed by atoms with Crippen LogP contribution >= 0.6 is 11.8 Å². The first-order chi connectivity index (χ1) is 10.7. The monoisotopic (exact) mass is 316 g/mol. The minimum Gasteiger partial charge on any atom is -0.388 e. The predicted molar refractivity (Wildman–Crippen MR) is 91.3 cm³/mol. The van der Waals surface area contributed by atoms with Crippen molar-refractivity contribution in [2.45, 2.75) is 17.4 Å². The van der Waals surface area contributed by atoms with E-state index in [-0.39, 0.29) is 6.03 Å². The second-order valence-corrected chi connectivity index (χ2v) is 5.70. The Morgan fingerprint density at radius 3 is 2.45 bits per heavy atom. The third-order valence-electron chi connectivity index (χ3n) is 3.24. The van der Waals surface area contributed by atoms with E-state index >= 15 is 0 Å². The van der Waals surface area contributed by atoms with Gasteiger partial charge in [0.25, 0.3) is 0 Å². The van der Waals surface area contributed by atoms with Gasteiger partial charge in [-0.1, -0.05) is 30.3 Å². The van der Waals surface area contributed by atoms with Crippen molar-refractivity contribution in [1.29, 1.82) is 0 Å². The summed E-state index contributed by atoms with van der Waals surface area (Å²) >= 11 is 1.66. The maximum absolute atomic E-state index is 11.8. The van der Waals surface area contributed by atoms with Crippen molar-refractivity contribution in [3.8, 4) is 0 Å². The lowest BCUT2D eigenvalue weighted by molar-refractivity contribution is 0.167. The SMILES string of the molecule is CSc1ccc(NC(=O)NCCC(O)c2ccccc2)cc1. The first kappa shape index (κ1) is 16.4. The molecule has 0 saturated carbocycles. The standard InChI is InChI=1S/C17H20N2O2S/c1-22-15-9-7-14(8-10-15)19-17(21)18-12-11-16(20)13-5-3-2-4-6-13/h2-10,16,20H,11-12H2,1H3,(H2,18,19,21). The third kappa shape index (κ3) is 5.09. The van der Waals surface area contributed by atoms with E-state index in [1.807, 2.05) is 60.9 Å². The van der Waals surface area contributed by atoms with Crippen LogP contribution in [0, 0.1) is 0 Å². The summed E-state index contributed by atoms with van der Waals surface area (Å²) in [5, 5.41) is 15.5. The van der Waals surface area contributed by atoms with E-state index in [1.165, 1.54) is 0 Å². The molecule has 0 radical (unpaired) electrons. The number of nitrogens with one attached hydrogen (secondary N) is 2. The summed E-state index contributed by atoms with van der Waals surface area (Å²) in [6.07, 6.45) is 1.91. The normalized spacial score (nSPS) is 11.7. The molecule has 0 aliphatic rings. The second-order valence-electron chi connectivity index (χ2n) is 4.82. The molecule has 0 spiro atoms. The van der Waals surface area contributed by atoms with E-state index in [1.54, 1.807) is 11.8 Å². The Kier molecular flexibility index (Phi) is 6.30. The topological polar surface area (TPSA) is 61.4 Å². The molecule has 116 valence electrons. The Morgan fingerprint density at radius 1 is 1.14 bits per heavy atom. The van der Waals surface area contributed by atoms with Crippen LogP contribution < -0.4 is 10.6 Å². The molecule has 0 aliphatic carbocycles. The van der Waals surface area contributed by atoms with Gasteiger partial charge in [-0.15, -0.1) is 11.8 Å². The average Bonchev–Trinajstić information content (AvgIpc) is 2.56. The first-order valence-corrected chi connectivity index (χ1v) is 8.33. The fourth-order valence-corrected chi connectivity index (χ4v) is 2.42. The van der Waals surface area contributed by atoms with E-state index < -0.39 is 6.10 Å². The molecular weight excluding hydrogens is 296 g/mol. The van der Waals surface area contributed by atoms with Crippen LogP contribution in [-0.4, -0.2) is 23.9 Å². The van der Waals surface area contributed by atoms with Crippen LogP contribution in [0.5, 0.6) is 0 Å². The number of benzene rings is 2. The van der Waals surface area contributed by atoms with Gasteiger partial charge in [-0.3, -0.25) is 0 Å². The number of hydrogen-bond donors (Lipinski definition) is 3. The van der Waals surface area contributed by atoms with Gasteiger partial charge in [-0.25, -0.2) is 4.79 Å². The number of aliphatic hydroxyl groups excluding tert-OH is 1. The summed E-state index contributed by atoms with van der Waals surface area (Å²) < 4.78 is 0. The van der Waals surface area contributed by atoms with Gasteiger partial charge in [0, 0.05) is 17.1 Å². The van der Waals surface area contributed by atoms with Crippen molar-refractivity contribution in [1.82, 2.24) is 5.32 Å². The summed E-state index contributed by atoms with van der Waals surface area (Å²) in [4.78, 5) is 12.9. The summed E-state index contributed by atoms with van der Waals surface area (Å²) in [7, 11) is 0. The molecule has 4 nitrogen and oxygen atoms in total. The molecule has 1 atom stereocenters. The fourth-order valence-electron chi connectivity index (χ4n) is 2.01. The van der Waals surface area contributed by atoms with E-state index in [9.17, 15) is 9.90 Å². The zero-order chi connectivity index (χ0) is 15.8. The van der Waals surface area contributed by atoms with Crippen molar-refractivity contribution in [2.24, 2.45) is 0 Å². The van der Waals surface area contributed by atoms with E-state index in [2.05, 4.69) is 10.6 Å². The van der Waals surface area contributed by atoms with Crippen LogP contribution in [0.25, 0.3) is 0 Å². The summed E-state index contributed by atoms with van der Waals surface area (Å²) in [5.41, 5.74) is 1.61. The second kappa shape index (κ2) is 8.46. The molecule has 1 unspecified atom stereocenters.